The molecule has 1 fully saturated rings. The van der Waals surface area contributed by atoms with Gasteiger partial charge in [0, 0.05) is 25.8 Å². The van der Waals surface area contributed by atoms with Gasteiger partial charge in [-0.1, -0.05) is 18.5 Å². The fourth-order valence-electron chi connectivity index (χ4n) is 2.56. The van der Waals surface area contributed by atoms with E-state index in [1.807, 2.05) is 12.3 Å². The van der Waals surface area contributed by atoms with Gasteiger partial charge >= 0.3 is 0 Å². The van der Waals surface area contributed by atoms with Crippen molar-refractivity contribution < 1.29 is 4.74 Å². The molecule has 112 valence electrons. The molecule has 0 aliphatic carbocycles. The summed E-state index contributed by atoms with van der Waals surface area (Å²) in [7, 11) is 0. The van der Waals surface area contributed by atoms with E-state index in [1.165, 1.54) is 0 Å². The molecule has 0 bridgehead atoms. The topological polar surface area (TPSA) is 37.4 Å². The lowest BCUT2D eigenvalue weighted by molar-refractivity contribution is -0.00545. The van der Waals surface area contributed by atoms with Crippen LogP contribution in [0.2, 0.25) is 5.02 Å². The molecule has 2 atom stereocenters. The molecule has 1 N–H and O–H groups in total. The van der Waals surface area contributed by atoms with Crippen molar-refractivity contribution in [3.8, 4) is 0 Å². The van der Waals surface area contributed by atoms with E-state index in [1.54, 1.807) is 0 Å². The lowest BCUT2D eigenvalue weighted by Crippen LogP contribution is -2.46. The standard InChI is InChI=1S/C15H24ClN3O/c1-4-5-17-7-13-6-14(16)15(18-8-13)19-9-11(2)20-12(3)10-19/h6,8,11-12,17H,4-5,7,9-10H2,1-3H3/t11-,12+. The van der Waals surface area contributed by atoms with E-state index in [2.05, 4.69) is 36.0 Å². The summed E-state index contributed by atoms with van der Waals surface area (Å²) in [6, 6.07) is 2.01. The Bertz CT molecular complexity index is 431. The molecule has 1 aromatic rings. The van der Waals surface area contributed by atoms with E-state index < -0.39 is 0 Å². The first-order chi connectivity index (χ1) is 9.60. The predicted molar refractivity (Wildman–Crippen MR) is 83.5 cm³/mol. The van der Waals surface area contributed by atoms with Gasteiger partial charge < -0.3 is 15.0 Å². The van der Waals surface area contributed by atoms with Gasteiger partial charge in [0.1, 0.15) is 5.82 Å². The highest BCUT2D eigenvalue weighted by Crippen LogP contribution is 2.26. The van der Waals surface area contributed by atoms with Crippen molar-refractivity contribution in [3.05, 3.63) is 22.8 Å². The maximum atomic E-state index is 6.40. The summed E-state index contributed by atoms with van der Waals surface area (Å²) in [6.07, 6.45) is 3.46. The molecule has 2 rings (SSSR count). The van der Waals surface area contributed by atoms with Gasteiger partial charge in [-0.25, -0.2) is 4.98 Å². The second-order valence-corrected chi connectivity index (χ2v) is 5.90. The van der Waals surface area contributed by atoms with Gasteiger partial charge in [-0.3, -0.25) is 0 Å². The van der Waals surface area contributed by atoms with Gasteiger partial charge in [-0.15, -0.1) is 0 Å². The van der Waals surface area contributed by atoms with E-state index >= 15 is 0 Å². The Balaban J connectivity index is 2.05. The van der Waals surface area contributed by atoms with Gasteiger partial charge in [-0.05, 0) is 38.4 Å². The number of morpholine rings is 1. The fourth-order valence-corrected chi connectivity index (χ4v) is 2.87. The van der Waals surface area contributed by atoms with Crippen LogP contribution in [0, 0.1) is 0 Å². The highest BCUT2D eigenvalue weighted by Gasteiger charge is 2.24. The van der Waals surface area contributed by atoms with Crippen LogP contribution in [0.3, 0.4) is 0 Å². The van der Waals surface area contributed by atoms with Gasteiger partial charge in [0.25, 0.3) is 0 Å². The number of pyridine rings is 1. The van der Waals surface area contributed by atoms with E-state index in [0.717, 1.165) is 49.0 Å². The molecule has 2 heterocycles. The van der Waals surface area contributed by atoms with Crippen molar-refractivity contribution in [2.75, 3.05) is 24.5 Å². The van der Waals surface area contributed by atoms with Crippen LogP contribution in [0.5, 0.6) is 0 Å². The Morgan fingerprint density at radius 3 is 2.70 bits per heavy atom. The van der Waals surface area contributed by atoms with Crippen LogP contribution in [0.1, 0.15) is 32.8 Å². The molecule has 0 spiro atoms. The summed E-state index contributed by atoms with van der Waals surface area (Å²) in [5.41, 5.74) is 1.13. The Morgan fingerprint density at radius 1 is 1.40 bits per heavy atom. The van der Waals surface area contributed by atoms with E-state index in [0.29, 0.717) is 0 Å². The molecular weight excluding hydrogens is 274 g/mol. The molecule has 1 aliphatic rings. The zero-order chi connectivity index (χ0) is 14.5. The fraction of sp³-hybridized carbons (Fsp3) is 0.667. The zero-order valence-corrected chi connectivity index (χ0v) is 13.3. The Kier molecular flexibility index (Phi) is 5.64. The van der Waals surface area contributed by atoms with Crippen LogP contribution in [0.4, 0.5) is 5.82 Å². The number of nitrogens with one attached hydrogen (secondary N) is 1. The minimum absolute atomic E-state index is 0.211. The minimum Gasteiger partial charge on any atom is -0.372 e. The largest absolute Gasteiger partial charge is 0.372 e. The second kappa shape index (κ2) is 7.25. The van der Waals surface area contributed by atoms with E-state index in [-0.39, 0.29) is 12.2 Å². The normalized spacial score (nSPS) is 23.1. The van der Waals surface area contributed by atoms with E-state index in [9.17, 15) is 0 Å². The van der Waals surface area contributed by atoms with Crippen LogP contribution in [0.25, 0.3) is 0 Å². The third-order valence-electron chi connectivity index (χ3n) is 3.35. The highest BCUT2D eigenvalue weighted by molar-refractivity contribution is 6.33. The molecule has 0 unspecified atom stereocenters. The smallest absolute Gasteiger partial charge is 0.147 e. The zero-order valence-electron chi connectivity index (χ0n) is 12.5. The van der Waals surface area contributed by atoms with Crippen LogP contribution >= 0.6 is 11.6 Å². The maximum absolute atomic E-state index is 6.40. The van der Waals surface area contributed by atoms with Gasteiger partial charge in [0.2, 0.25) is 0 Å². The molecule has 1 aromatic heterocycles. The van der Waals surface area contributed by atoms with Crippen molar-refractivity contribution in [1.29, 1.82) is 0 Å². The Hall–Kier alpha value is -0.840. The molecule has 1 aliphatic heterocycles. The minimum atomic E-state index is 0.211. The first kappa shape index (κ1) is 15.5. The van der Waals surface area contributed by atoms with Crippen molar-refractivity contribution in [1.82, 2.24) is 10.3 Å². The molecule has 0 amide bonds. The number of ether oxygens (including phenoxy) is 1. The number of hydrogen-bond donors (Lipinski definition) is 1. The van der Waals surface area contributed by atoms with Crippen LogP contribution in [0.15, 0.2) is 12.3 Å². The first-order valence-electron chi connectivity index (χ1n) is 7.35. The number of aromatic nitrogens is 1. The number of nitrogens with zero attached hydrogens (tertiary/aromatic N) is 2. The van der Waals surface area contributed by atoms with Crippen molar-refractivity contribution in [2.45, 2.75) is 45.9 Å². The van der Waals surface area contributed by atoms with Crippen LogP contribution in [-0.4, -0.2) is 36.8 Å². The number of anilines is 1. The summed E-state index contributed by atoms with van der Waals surface area (Å²) < 4.78 is 5.74. The summed E-state index contributed by atoms with van der Waals surface area (Å²) in [6.45, 7) is 9.82. The highest BCUT2D eigenvalue weighted by atomic mass is 35.5. The molecule has 4 nitrogen and oxygen atoms in total. The van der Waals surface area contributed by atoms with Crippen LogP contribution < -0.4 is 10.2 Å². The number of halogens is 1. The SMILES string of the molecule is CCCNCc1cnc(N2C[C@@H](C)O[C@@H](C)C2)c(Cl)c1. The lowest BCUT2D eigenvalue weighted by Gasteiger charge is -2.36. The predicted octanol–water partition coefficient (Wildman–Crippen LogP) is 2.85. The van der Waals surface area contributed by atoms with Crippen molar-refractivity contribution >= 4 is 17.4 Å². The van der Waals surface area contributed by atoms with Gasteiger partial charge in [-0.2, -0.15) is 0 Å². The van der Waals surface area contributed by atoms with Crippen molar-refractivity contribution in [3.63, 3.8) is 0 Å². The molecule has 0 radical (unpaired) electrons. The van der Waals surface area contributed by atoms with E-state index in [4.69, 9.17) is 16.3 Å². The number of hydrogen-bond acceptors (Lipinski definition) is 4. The Labute approximate surface area is 126 Å². The summed E-state index contributed by atoms with van der Waals surface area (Å²) >= 11 is 6.40. The summed E-state index contributed by atoms with van der Waals surface area (Å²) in [5, 5.41) is 4.08. The summed E-state index contributed by atoms with van der Waals surface area (Å²) in [5.74, 6) is 0.868. The van der Waals surface area contributed by atoms with Crippen LogP contribution in [-0.2, 0) is 11.3 Å². The lowest BCUT2D eigenvalue weighted by atomic mass is 10.2. The quantitative estimate of drug-likeness (QED) is 0.848. The first-order valence-corrected chi connectivity index (χ1v) is 7.73. The molecule has 0 aromatic carbocycles. The average Bonchev–Trinajstić information content (AvgIpc) is 2.38. The second-order valence-electron chi connectivity index (χ2n) is 5.49. The van der Waals surface area contributed by atoms with Crippen molar-refractivity contribution in [2.24, 2.45) is 0 Å². The summed E-state index contributed by atoms with van der Waals surface area (Å²) in [4.78, 5) is 6.76. The average molecular weight is 298 g/mol. The molecule has 1 saturated heterocycles. The molecule has 0 saturated carbocycles. The monoisotopic (exact) mass is 297 g/mol. The third-order valence-corrected chi connectivity index (χ3v) is 3.63. The van der Waals surface area contributed by atoms with Gasteiger partial charge in [0.05, 0.1) is 17.2 Å². The molecule has 20 heavy (non-hydrogen) atoms. The molecular formula is C15H24ClN3O. The number of rotatable bonds is 5. The Morgan fingerprint density at radius 2 is 2.10 bits per heavy atom. The maximum Gasteiger partial charge on any atom is 0.147 e. The van der Waals surface area contributed by atoms with Gasteiger partial charge in [0.15, 0.2) is 0 Å². The molecule has 5 heteroatoms. The third kappa shape index (κ3) is 4.08.